The van der Waals surface area contributed by atoms with Crippen molar-refractivity contribution < 1.29 is 0 Å². The molecule has 0 bridgehead atoms. The van der Waals surface area contributed by atoms with Crippen LogP contribution in [-0.2, 0) is 0 Å². The van der Waals surface area contributed by atoms with E-state index in [0.717, 1.165) is 21.3 Å². The van der Waals surface area contributed by atoms with Crippen molar-refractivity contribution in [3.8, 4) is 0 Å². The number of aromatic nitrogens is 2. The third-order valence-electron chi connectivity index (χ3n) is 2.81. The molecule has 0 spiro atoms. The molecule has 0 saturated heterocycles. The molecule has 0 fully saturated rings. The first kappa shape index (κ1) is 14.1. The highest BCUT2D eigenvalue weighted by atomic mass is 79.9. The summed E-state index contributed by atoms with van der Waals surface area (Å²) in [4.78, 5) is 8.12. The van der Waals surface area contributed by atoms with Gasteiger partial charge in [0.25, 0.3) is 0 Å². The van der Waals surface area contributed by atoms with Crippen molar-refractivity contribution in [1.29, 1.82) is 0 Å². The summed E-state index contributed by atoms with van der Waals surface area (Å²) in [5, 5.41) is 3.36. The van der Waals surface area contributed by atoms with Crippen molar-refractivity contribution in [3.05, 3.63) is 38.7 Å². The van der Waals surface area contributed by atoms with Crippen molar-refractivity contribution in [2.75, 3.05) is 11.1 Å². The van der Waals surface area contributed by atoms with Crippen LogP contribution in [0.4, 0.5) is 17.2 Å². The normalized spacial score (nSPS) is 10.6. The number of benzene rings is 1. The Bertz CT molecular complexity index is 620. The lowest BCUT2D eigenvalue weighted by Crippen LogP contribution is -2.04. The smallest absolute Gasteiger partial charge is 0.224 e. The Morgan fingerprint density at radius 2 is 1.74 bits per heavy atom. The van der Waals surface area contributed by atoms with Gasteiger partial charge in [-0.3, -0.25) is 0 Å². The fraction of sp³-hybridized carbons (Fsp3) is 0.231. The van der Waals surface area contributed by atoms with E-state index in [1.54, 1.807) is 6.92 Å². The number of hydrogen-bond acceptors (Lipinski definition) is 4. The number of rotatable bonds is 2. The second kappa shape index (κ2) is 5.35. The van der Waals surface area contributed by atoms with Gasteiger partial charge in [0.15, 0.2) is 5.82 Å². The van der Waals surface area contributed by atoms with Crippen molar-refractivity contribution in [3.63, 3.8) is 0 Å². The fourth-order valence-electron chi connectivity index (χ4n) is 1.80. The van der Waals surface area contributed by atoms with Gasteiger partial charge in [-0.15, -0.1) is 0 Å². The Labute approximate surface area is 125 Å². The Kier molecular flexibility index (Phi) is 3.96. The molecule has 1 heterocycles. The van der Waals surface area contributed by atoms with E-state index in [0.29, 0.717) is 17.2 Å². The molecule has 0 aliphatic heterocycles. The maximum atomic E-state index is 5.95. The van der Waals surface area contributed by atoms with Crippen LogP contribution in [0.1, 0.15) is 16.8 Å². The van der Waals surface area contributed by atoms with Crippen LogP contribution in [0.5, 0.6) is 0 Å². The lowest BCUT2D eigenvalue weighted by Gasteiger charge is -2.12. The molecule has 0 saturated carbocycles. The third kappa shape index (κ3) is 2.98. The van der Waals surface area contributed by atoms with E-state index in [2.05, 4.69) is 31.2 Å². The van der Waals surface area contributed by atoms with Crippen LogP contribution in [-0.4, -0.2) is 9.97 Å². The number of nitrogen functional groups attached to an aromatic ring is 1. The Morgan fingerprint density at radius 1 is 1.16 bits per heavy atom. The van der Waals surface area contributed by atoms with Crippen LogP contribution in [0.25, 0.3) is 0 Å². The van der Waals surface area contributed by atoms with Crippen LogP contribution in [0.2, 0.25) is 5.28 Å². The van der Waals surface area contributed by atoms with Crippen LogP contribution < -0.4 is 11.1 Å². The average molecular weight is 342 g/mol. The second-order valence-corrected chi connectivity index (χ2v) is 5.52. The van der Waals surface area contributed by atoms with Gasteiger partial charge < -0.3 is 11.1 Å². The van der Waals surface area contributed by atoms with Crippen molar-refractivity contribution in [2.45, 2.75) is 20.8 Å². The molecule has 6 heteroatoms. The third-order valence-corrected chi connectivity index (χ3v) is 4.23. The predicted octanol–water partition coefficient (Wildman–Crippen LogP) is 4.14. The summed E-state index contributed by atoms with van der Waals surface area (Å²) in [5.41, 5.74) is 10.3. The molecule has 2 aromatic rings. The molecular weight excluding hydrogens is 328 g/mol. The first-order valence-corrected chi connectivity index (χ1v) is 6.89. The molecule has 0 radical (unpaired) electrons. The van der Waals surface area contributed by atoms with Crippen LogP contribution in [0.3, 0.4) is 0 Å². The molecule has 4 nitrogen and oxygen atoms in total. The molecule has 1 aromatic carbocycles. The topological polar surface area (TPSA) is 63.8 Å². The van der Waals surface area contributed by atoms with E-state index in [9.17, 15) is 0 Å². The first-order chi connectivity index (χ1) is 8.88. The molecule has 0 aliphatic rings. The molecule has 3 N–H and O–H groups in total. The molecule has 1 aromatic heterocycles. The SMILES string of the molecule is Cc1cc(Nc2nc(Cl)nc(C)c2N)cc(C)c1Br. The maximum absolute atomic E-state index is 5.95. The van der Waals surface area contributed by atoms with Gasteiger partial charge in [-0.25, -0.2) is 4.98 Å². The summed E-state index contributed by atoms with van der Waals surface area (Å²) >= 11 is 9.39. The van der Waals surface area contributed by atoms with Gasteiger partial charge in [0.05, 0.1) is 11.4 Å². The highest BCUT2D eigenvalue weighted by Gasteiger charge is 2.09. The molecule has 0 amide bonds. The minimum atomic E-state index is 0.180. The molecular formula is C13H14BrClN4. The summed E-state index contributed by atoms with van der Waals surface area (Å²) in [6.07, 6.45) is 0. The molecule has 0 atom stereocenters. The number of nitrogens with one attached hydrogen (secondary N) is 1. The summed E-state index contributed by atoms with van der Waals surface area (Å²) in [6.45, 7) is 5.86. The number of hydrogen-bond donors (Lipinski definition) is 2. The Balaban J connectivity index is 2.42. The van der Waals surface area contributed by atoms with Gasteiger partial charge >= 0.3 is 0 Å². The maximum Gasteiger partial charge on any atom is 0.224 e. The summed E-state index contributed by atoms with van der Waals surface area (Å²) in [6, 6.07) is 4.03. The quantitative estimate of drug-likeness (QED) is 0.806. The first-order valence-electron chi connectivity index (χ1n) is 5.72. The lowest BCUT2D eigenvalue weighted by atomic mass is 10.1. The van der Waals surface area contributed by atoms with Gasteiger partial charge in [0.1, 0.15) is 0 Å². The van der Waals surface area contributed by atoms with Gasteiger partial charge in [-0.2, -0.15) is 4.98 Å². The highest BCUT2D eigenvalue weighted by Crippen LogP contribution is 2.29. The molecule has 0 unspecified atom stereocenters. The zero-order chi connectivity index (χ0) is 14.2. The zero-order valence-electron chi connectivity index (χ0n) is 10.9. The summed E-state index contributed by atoms with van der Waals surface area (Å²) in [5.74, 6) is 0.527. The molecule has 2 rings (SSSR count). The number of halogens is 2. The van der Waals surface area contributed by atoms with E-state index in [4.69, 9.17) is 17.3 Å². The van der Waals surface area contributed by atoms with Crippen molar-refractivity contribution in [2.24, 2.45) is 0 Å². The number of nitrogens with two attached hydrogens (primary N) is 1. The molecule has 100 valence electrons. The van der Waals surface area contributed by atoms with Gasteiger partial charge in [-0.1, -0.05) is 15.9 Å². The van der Waals surface area contributed by atoms with Crippen molar-refractivity contribution >= 4 is 44.7 Å². The molecule has 19 heavy (non-hydrogen) atoms. The van der Waals surface area contributed by atoms with E-state index in [1.807, 2.05) is 26.0 Å². The van der Waals surface area contributed by atoms with Gasteiger partial charge in [0.2, 0.25) is 5.28 Å². The standard InChI is InChI=1S/C13H14BrClN4/c1-6-4-9(5-7(2)10(6)14)18-12-11(16)8(3)17-13(15)19-12/h4-5H,16H2,1-3H3,(H,17,18,19). The monoisotopic (exact) mass is 340 g/mol. The zero-order valence-corrected chi connectivity index (χ0v) is 13.2. The Hall–Kier alpha value is -1.33. The largest absolute Gasteiger partial charge is 0.394 e. The number of anilines is 3. The second-order valence-electron chi connectivity index (χ2n) is 4.39. The summed E-state index contributed by atoms with van der Waals surface area (Å²) < 4.78 is 1.10. The van der Waals surface area contributed by atoms with Crippen LogP contribution in [0.15, 0.2) is 16.6 Å². The van der Waals surface area contributed by atoms with E-state index >= 15 is 0 Å². The number of nitrogens with zero attached hydrogens (tertiary/aromatic N) is 2. The predicted molar refractivity (Wildman–Crippen MR) is 83.1 cm³/mol. The minimum Gasteiger partial charge on any atom is -0.394 e. The highest BCUT2D eigenvalue weighted by molar-refractivity contribution is 9.10. The lowest BCUT2D eigenvalue weighted by molar-refractivity contribution is 1.11. The molecule has 0 aliphatic carbocycles. The number of aryl methyl sites for hydroxylation is 3. The van der Waals surface area contributed by atoms with E-state index < -0.39 is 0 Å². The van der Waals surface area contributed by atoms with Gasteiger partial charge in [0, 0.05) is 10.2 Å². The summed E-state index contributed by atoms with van der Waals surface area (Å²) in [7, 11) is 0. The van der Waals surface area contributed by atoms with Crippen LogP contribution in [0, 0.1) is 20.8 Å². The van der Waals surface area contributed by atoms with Gasteiger partial charge in [-0.05, 0) is 55.6 Å². The van der Waals surface area contributed by atoms with Crippen molar-refractivity contribution in [1.82, 2.24) is 9.97 Å². The van der Waals surface area contributed by atoms with E-state index in [1.165, 1.54) is 0 Å². The average Bonchev–Trinajstić information content (AvgIpc) is 2.32. The van der Waals surface area contributed by atoms with E-state index in [-0.39, 0.29) is 5.28 Å². The minimum absolute atomic E-state index is 0.180. The van der Waals surface area contributed by atoms with Crippen LogP contribution >= 0.6 is 27.5 Å². The Morgan fingerprint density at radius 3 is 2.32 bits per heavy atom. The fourth-order valence-corrected chi connectivity index (χ4v) is 2.24.